The third-order valence-electron chi connectivity index (χ3n) is 2.46. The molecule has 0 aliphatic carbocycles. The number of benzene rings is 2. The van der Waals surface area contributed by atoms with Crippen LogP contribution in [0.4, 0.5) is 11.4 Å². The van der Waals surface area contributed by atoms with Crippen LogP contribution in [0.3, 0.4) is 0 Å². The van der Waals surface area contributed by atoms with Crippen molar-refractivity contribution in [2.45, 2.75) is 0 Å². The molecule has 0 aromatic heterocycles. The summed E-state index contributed by atoms with van der Waals surface area (Å²) in [5, 5.41) is 21.5. The van der Waals surface area contributed by atoms with Crippen LogP contribution in [0.1, 0.15) is 10.4 Å². The highest BCUT2D eigenvalue weighted by Crippen LogP contribution is 2.27. The van der Waals surface area contributed by atoms with E-state index in [1.54, 1.807) is 18.2 Å². The zero-order chi connectivity index (χ0) is 14.0. The van der Waals surface area contributed by atoms with Crippen LogP contribution in [-0.4, -0.2) is 16.1 Å². The molecule has 2 rings (SSSR count). The summed E-state index contributed by atoms with van der Waals surface area (Å²) in [6.07, 6.45) is 0. The lowest BCUT2D eigenvalue weighted by Gasteiger charge is -2.09. The zero-order valence-corrected chi connectivity index (χ0v) is 11.3. The second kappa shape index (κ2) is 5.19. The molecule has 0 heterocycles. The van der Waals surface area contributed by atoms with Gasteiger partial charge in [0, 0.05) is 10.2 Å². The number of nitrogens with one attached hydrogen (secondary N) is 1. The number of halogens is 1. The predicted octanol–water partition coefficient (Wildman–Crippen LogP) is 2.69. The first-order valence-electron chi connectivity index (χ1n) is 5.36. The second-order valence-electron chi connectivity index (χ2n) is 3.89. The Labute approximate surface area is 117 Å². The van der Waals surface area contributed by atoms with Gasteiger partial charge in [0.05, 0.1) is 11.3 Å². The predicted molar refractivity (Wildman–Crippen MR) is 76.3 cm³/mol. The van der Waals surface area contributed by atoms with Crippen molar-refractivity contribution in [1.29, 1.82) is 0 Å². The van der Waals surface area contributed by atoms with E-state index in [2.05, 4.69) is 21.2 Å². The molecule has 6 heteroatoms. The monoisotopic (exact) mass is 322 g/mol. The Morgan fingerprint density at radius 1 is 1.16 bits per heavy atom. The van der Waals surface area contributed by atoms with Crippen LogP contribution in [0, 0.1) is 0 Å². The number of hydrogen-bond donors (Lipinski definition) is 4. The summed E-state index contributed by atoms with van der Waals surface area (Å²) in [6, 6.07) is 8.70. The minimum atomic E-state index is -0.542. The Kier molecular flexibility index (Phi) is 3.62. The lowest BCUT2D eigenvalue weighted by atomic mass is 10.1. The number of rotatable bonds is 2. The van der Waals surface area contributed by atoms with Gasteiger partial charge in [0.2, 0.25) is 0 Å². The number of nitrogens with two attached hydrogens (primary N) is 1. The van der Waals surface area contributed by atoms with E-state index in [0.29, 0.717) is 15.8 Å². The molecule has 0 saturated heterocycles. The van der Waals surface area contributed by atoms with Gasteiger partial charge in [-0.15, -0.1) is 0 Å². The molecule has 19 heavy (non-hydrogen) atoms. The Morgan fingerprint density at radius 3 is 2.63 bits per heavy atom. The summed E-state index contributed by atoms with van der Waals surface area (Å²) in [5.41, 5.74) is 6.59. The van der Waals surface area contributed by atoms with E-state index >= 15 is 0 Å². The van der Waals surface area contributed by atoms with Crippen LogP contribution in [0.25, 0.3) is 0 Å². The molecule has 2 aromatic rings. The molecule has 0 unspecified atom stereocenters. The van der Waals surface area contributed by atoms with Crippen molar-refractivity contribution in [2.24, 2.45) is 0 Å². The molecule has 0 spiro atoms. The highest BCUT2D eigenvalue weighted by Gasteiger charge is 2.13. The molecule has 0 aliphatic heterocycles. The smallest absolute Gasteiger partial charge is 0.259 e. The fourth-order valence-electron chi connectivity index (χ4n) is 1.53. The average molecular weight is 323 g/mol. The number of phenolic OH excluding ortho intramolecular Hbond substituents is 2. The molecule has 0 fully saturated rings. The topological polar surface area (TPSA) is 95.6 Å². The summed E-state index contributed by atoms with van der Waals surface area (Å²) in [4.78, 5) is 12.0. The molecule has 5 N–H and O–H groups in total. The summed E-state index contributed by atoms with van der Waals surface area (Å²) >= 11 is 3.28. The third kappa shape index (κ3) is 2.97. The third-order valence-corrected chi connectivity index (χ3v) is 3.15. The van der Waals surface area contributed by atoms with E-state index in [-0.39, 0.29) is 17.1 Å². The Morgan fingerprint density at radius 2 is 1.89 bits per heavy atom. The number of amides is 1. The largest absolute Gasteiger partial charge is 0.508 e. The fourth-order valence-corrected chi connectivity index (χ4v) is 1.88. The summed E-state index contributed by atoms with van der Waals surface area (Å²) in [6.45, 7) is 0. The van der Waals surface area contributed by atoms with E-state index in [9.17, 15) is 15.0 Å². The van der Waals surface area contributed by atoms with Crippen LogP contribution in [-0.2, 0) is 0 Å². The Balaban J connectivity index is 2.30. The molecule has 0 aliphatic rings. The zero-order valence-electron chi connectivity index (χ0n) is 9.72. The van der Waals surface area contributed by atoms with E-state index < -0.39 is 5.91 Å². The highest BCUT2D eigenvalue weighted by molar-refractivity contribution is 9.10. The first kappa shape index (κ1) is 13.2. The number of aromatic hydroxyl groups is 2. The van der Waals surface area contributed by atoms with Crippen molar-refractivity contribution in [3.05, 3.63) is 46.4 Å². The van der Waals surface area contributed by atoms with Gasteiger partial charge in [-0.1, -0.05) is 0 Å². The minimum absolute atomic E-state index is 0.0191. The first-order chi connectivity index (χ1) is 8.97. The van der Waals surface area contributed by atoms with Crippen LogP contribution >= 0.6 is 15.9 Å². The van der Waals surface area contributed by atoms with Gasteiger partial charge in [-0.25, -0.2) is 0 Å². The first-order valence-corrected chi connectivity index (χ1v) is 6.15. The van der Waals surface area contributed by atoms with E-state index in [1.165, 1.54) is 18.2 Å². The SMILES string of the molecule is Nc1ccc(Br)c(NC(=O)c2cc(O)ccc2O)c1. The number of carbonyl (C=O) groups is 1. The van der Waals surface area contributed by atoms with E-state index in [0.717, 1.165) is 0 Å². The van der Waals surface area contributed by atoms with E-state index in [1.807, 2.05) is 0 Å². The standard InChI is InChI=1S/C13H11BrN2O3/c14-10-3-1-7(15)5-11(10)16-13(19)9-6-8(17)2-4-12(9)18/h1-6,17-18H,15H2,(H,16,19). The van der Waals surface area contributed by atoms with Crippen LogP contribution in [0.2, 0.25) is 0 Å². The highest BCUT2D eigenvalue weighted by atomic mass is 79.9. The lowest BCUT2D eigenvalue weighted by Crippen LogP contribution is -2.12. The molecule has 5 nitrogen and oxygen atoms in total. The maximum atomic E-state index is 12.0. The molecule has 0 bridgehead atoms. The van der Waals surface area contributed by atoms with Gasteiger partial charge in [0.25, 0.3) is 5.91 Å². The fraction of sp³-hybridized carbons (Fsp3) is 0. The molecule has 0 atom stereocenters. The normalized spacial score (nSPS) is 10.2. The van der Waals surface area contributed by atoms with Gasteiger partial charge in [-0.05, 0) is 52.3 Å². The summed E-state index contributed by atoms with van der Waals surface area (Å²) < 4.78 is 0.662. The molecule has 1 amide bonds. The second-order valence-corrected chi connectivity index (χ2v) is 4.75. The summed E-state index contributed by atoms with van der Waals surface area (Å²) in [5.74, 6) is -0.857. The number of anilines is 2. The number of nitrogen functional groups attached to an aromatic ring is 1. The Hall–Kier alpha value is -2.21. The van der Waals surface area contributed by atoms with Gasteiger partial charge in [-0.2, -0.15) is 0 Å². The van der Waals surface area contributed by atoms with Gasteiger partial charge >= 0.3 is 0 Å². The van der Waals surface area contributed by atoms with Crippen LogP contribution in [0.15, 0.2) is 40.9 Å². The van der Waals surface area contributed by atoms with Crippen LogP contribution in [0.5, 0.6) is 11.5 Å². The molecular formula is C13H11BrN2O3. The molecule has 0 saturated carbocycles. The van der Waals surface area contributed by atoms with Crippen molar-refractivity contribution < 1.29 is 15.0 Å². The number of hydrogen-bond acceptors (Lipinski definition) is 4. The van der Waals surface area contributed by atoms with Crippen molar-refractivity contribution in [2.75, 3.05) is 11.1 Å². The maximum absolute atomic E-state index is 12.0. The van der Waals surface area contributed by atoms with Crippen molar-refractivity contribution >= 4 is 33.2 Å². The van der Waals surface area contributed by atoms with Gasteiger partial charge in [0.15, 0.2) is 0 Å². The maximum Gasteiger partial charge on any atom is 0.259 e. The van der Waals surface area contributed by atoms with Gasteiger partial charge < -0.3 is 21.3 Å². The van der Waals surface area contributed by atoms with Crippen molar-refractivity contribution in [1.82, 2.24) is 0 Å². The summed E-state index contributed by atoms with van der Waals surface area (Å²) in [7, 11) is 0. The minimum Gasteiger partial charge on any atom is -0.508 e. The molecule has 0 radical (unpaired) electrons. The Bertz CT molecular complexity index is 644. The lowest BCUT2D eigenvalue weighted by molar-refractivity contribution is 0.102. The number of carbonyl (C=O) groups excluding carboxylic acids is 1. The molecular weight excluding hydrogens is 312 g/mol. The van der Waals surface area contributed by atoms with Gasteiger partial charge in [0.1, 0.15) is 11.5 Å². The van der Waals surface area contributed by atoms with Crippen molar-refractivity contribution in [3.63, 3.8) is 0 Å². The van der Waals surface area contributed by atoms with Crippen molar-refractivity contribution in [3.8, 4) is 11.5 Å². The van der Waals surface area contributed by atoms with E-state index in [4.69, 9.17) is 5.73 Å². The molecule has 2 aromatic carbocycles. The van der Waals surface area contributed by atoms with Gasteiger partial charge in [-0.3, -0.25) is 4.79 Å². The average Bonchev–Trinajstić information content (AvgIpc) is 2.36. The van der Waals surface area contributed by atoms with Crippen LogP contribution < -0.4 is 11.1 Å². The molecule has 98 valence electrons. The number of phenols is 2. The quantitative estimate of drug-likeness (QED) is 0.505.